The molecule has 186 valence electrons. The Labute approximate surface area is 219 Å². The Hall–Kier alpha value is -3.37. The van der Waals surface area contributed by atoms with Gasteiger partial charge in [0.15, 0.2) is 10.3 Å². The van der Waals surface area contributed by atoms with Gasteiger partial charge in [-0.05, 0) is 81.3 Å². The molecule has 0 unspecified atom stereocenters. The van der Waals surface area contributed by atoms with Crippen LogP contribution in [0.1, 0.15) is 28.3 Å². The van der Waals surface area contributed by atoms with Crippen molar-refractivity contribution in [2.75, 3.05) is 18.2 Å². The van der Waals surface area contributed by atoms with Crippen LogP contribution in [0.5, 0.6) is 5.75 Å². The number of benzene rings is 2. The van der Waals surface area contributed by atoms with Gasteiger partial charge in [-0.3, -0.25) is 9.36 Å². The molecule has 0 aliphatic carbocycles. The molecule has 0 saturated carbocycles. The summed E-state index contributed by atoms with van der Waals surface area (Å²) in [6.07, 6.45) is 0. The lowest BCUT2D eigenvalue weighted by molar-refractivity contribution is -0.113. The molecule has 1 N–H and O–H groups in total. The zero-order chi connectivity index (χ0) is 25.7. The largest absolute Gasteiger partial charge is 0.497 e. The van der Waals surface area contributed by atoms with Crippen LogP contribution in [0, 0.1) is 27.7 Å². The van der Waals surface area contributed by atoms with Crippen LogP contribution < -0.4 is 10.1 Å². The molecule has 0 aliphatic heterocycles. The molecule has 8 nitrogen and oxygen atoms in total. The van der Waals surface area contributed by atoms with Crippen molar-refractivity contribution in [3.63, 3.8) is 0 Å². The minimum atomic E-state index is -0.105. The third-order valence-corrected chi connectivity index (χ3v) is 7.22. The minimum absolute atomic E-state index is 0.105. The maximum absolute atomic E-state index is 12.7. The van der Waals surface area contributed by atoms with Crippen molar-refractivity contribution in [3.05, 3.63) is 76.9 Å². The van der Waals surface area contributed by atoms with Crippen molar-refractivity contribution in [1.82, 2.24) is 24.7 Å². The number of anilines is 1. The summed E-state index contributed by atoms with van der Waals surface area (Å²) in [7, 11) is 1.63. The molecule has 2 heterocycles. The van der Waals surface area contributed by atoms with Crippen LogP contribution in [0.25, 0.3) is 5.69 Å². The van der Waals surface area contributed by atoms with Gasteiger partial charge in [-0.25, -0.2) is 9.97 Å². The highest BCUT2D eigenvalue weighted by atomic mass is 32.2. The third kappa shape index (κ3) is 6.44. The number of carbonyl (C=O) groups excluding carboxylic acids is 1. The average Bonchev–Trinajstić information content (AvgIpc) is 3.26. The van der Waals surface area contributed by atoms with Gasteiger partial charge in [0.25, 0.3) is 0 Å². The number of aryl methyl sites for hydroxylation is 4. The zero-order valence-corrected chi connectivity index (χ0v) is 22.5. The second-order valence-electron chi connectivity index (χ2n) is 8.29. The lowest BCUT2D eigenvalue weighted by atomic mass is 10.1. The van der Waals surface area contributed by atoms with E-state index in [4.69, 9.17) is 4.74 Å². The quantitative estimate of drug-likeness (QED) is 0.234. The fraction of sp³-hybridized carbons (Fsp3) is 0.269. The van der Waals surface area contributed by atoms with Crippen molar-refractivity contribution in [2.45, 2.75) is 43.8 Å². The Kier molecular flexibility index (Phi) is 8.27. The SMILES string of the molecule is COc1ccc(-n2c(CSc3nc(C)cc(C)n3)nnc2SCC(=O)Nc2ccc(C)c(C)c2)cc1. The first-order chi connectivity index (χ1) is 17.3. The number of hydrogen-bond acceptors (Lipinski definition) is 8. The van der Waals surface area contributed by atoms with Gasteiger partial charge in [-0.15, -0.1) is 10.2 Å². The van der Waals surface area contributed by atoms with Gasteiger partial charge in [0.1, 0.15) is 11.6 Å². The average molecular weight is 521 g/mol. The van der Waals surface area contributed by atoms with Crippen LogP contribution in [-0.4, -0.2) is 43.5 Å². The van der Waals surface area contributed by atoms with Crippen LogP contribution in [-0.2, 0) is 10.5 Å². The Bertz CT molecular complexity index is 1350. The number of methoxy groups -OCH3 is 1. The number of ether oxygens (including phenoxy) is 1. The minimum Gasteiger partial charge on any atom is -0.497 e. The van der Waals surface area contributed by atoms with Gasteiger partial charge in [0.2, 0.25) is 5.91 Å². The van der Waals surface area contributed by atoms with Crippen LogP contribution >= 0.6 is 23.5 Å². The monoisotopic (exact) mass is 520 g/mol. The van der Waals surface area contributed by atoms with E-state index in [-0.39, 0.29) is 11.7 Å². The van der Waals surface area contributed by atoms with E-state index >= 15 is 0 Å². The summed E-state index contributed by atoms with van der Waals surface area (Å²) in [6, 6.07) is 15.5. The van der Waals surface area contributed by atoms with Crippen LogP contribution in [0.3, 0.4) is 0 Å². The molecule has 2 aromatic carbocycles. The Morgan fingerprint density at radius 1 is 0.917 bits per heavy atom. The van der Waals surface area contributed by atoms with Gasteiger partial charge >= 0.3 is 0 Å². The van der Waals surface area contributed by atoms with Crippen LogP contribution in [0.4, 0.5) is 5.69 Å². The van der Waals surface area contributed by atoms with E-state index < -0.39 is 0 Å². The highest BCUT2D eigenvalue weighted by Crippen LogP contribution is 2.27. The smallest absolute Gasteiger partial charge is 0.234 e. The molecular formula is C26H28N6O2S2. The number of rotatable bonds is 9. The van der Waals surface area contributed by atoms with E-state index in [1.54, 1.807) is 7.11 Å². The van der Waals surface area contributed by atoms with E-state index in [0.29, 0.717) is 16.1 Å². The predicted octanol–water partition coefficient (Wildman–Crippen LogP) is 5.32. The molecule has 0 fully saturated rings. The first-order valence-corrected chi connectivity index (χ1v) is 13.3. The standard InChI is InChI=1S/C26H28N6O2S2/c1-16-6-7-20(12-17(16)2)29-24(33)15-36-26-31-30-23(14-35-25-27-18(3)13-19(4)28-25)32(26)21-8-10-22(34-5)11-9-21/h6-13H,14-15H2,1-5H3,(H,29,33). The Morgan fingerprint density at radius 2 is 1.64 bits per heavy atom. The summed E-state index contributed by atoms with van der Waals surface area (Å²) in [4.78, 5) is 21.7. The molecule has 0 radical (unpaired) electrons. The molecule has 1 amide bonds. The first-order valence-electron chi connectivity index (χ1n) is 11.4. The topological polar surface area (TPSA) is 94.8 Å². The van der Waals surface area contributed by atoms with E-state index in [1.165, 1.54) is 29.1 Å². The Balaban J connectivity index is 1.53. The van der Waals surface area contributed by atoms with Crippen molar-refractivity contribution in [3.8, 4) is 11.4 Å². The summed E-state index contributed by atoms with van der Waals surface area (Å²) < 4.78 is 7.27. The van der Waals surface area contributed by atoms with E-state index in [2.05, 4.69) is 25.5 Å². The summed E-state index contributed by atoms with van der Waals surface area (Å²) in [5.41, 5.74) is 5.84. The van der Waals surface area contributed by atoms with Gasteiger partial charge in [-0.1, -0.05) is 29.6 Å². The fourth-order valence-corrected chi connectivity index (χ4v) is 5.14. The molecule has 0 aliphatic rings. The molecule has 0 spiro atoms. The molecule has 0 bridgehead atoms. The second kappa shape index (κ2) is 11.6. The molecule has 2 aromatic heterocycles. The zero-order valence-electron chi connectivity index (χ0n) is 20.9. The molecule has 4 aromatic rings. The number of amides is 1. The lowest BCUT2D eigenvalue weighted by Gasteiger charge is -2.11. The molecule has 36 heavy (non-hydrogen) atoms. The highest BCUT2D eigenvalue weighted by Gasteiger charge is 2.17. The number of thioether (sulfide) groups is 2. The summed E-state index contributed by atoms with van der Waals surface area (Å²) in [5, 5.41) is 13.1. The van der Waals surface area contributed by atoms with Crippen LogP contribution in [0.2, 0.25) is 0 Å². The first kappa shape index (κ1) is 25.7. The van der Waals surface area contributed by atoms with Crippen molar-refractivity contribution in [1.29, 1.82) is 0 Å². The van der Waals surface area contributed by atoms with Gasteiger partial charge in [-0.2, -0.15) is 0 Å². The number of carbonyl (C=O) groups is 1. The summed E-state index contributed by atoms with van der Waals surface area (Å²) in [5.74, 6) is 2.12. The summed E-state index contributed by atoms with van der Waals surface area (Å²) in [6.45, 7) is 7.98. The van der Waals surface area contributed by atoms with Gasteiger partial charge in [0.05, 0.1) is 18.6 Å². The number of hydrogen-bond donors (Lipinski definition) is 1. The van der Waals surface area contributed by atoms with E-state index in [9.17, 15) is 4.79 Å². The lowest BCUT2D eigenvalue weighted by Crippen LogP contribution is -2.14. The Morgan fingerprint density at radius 3 is 2.31 bits per heavy atom. The fourth-order valence-electron chi connectivity index (χ4n) is 3.51. The van der Waals surface area contributed by atoms with Gasteiger partial charge < -0.3 is 10.1 Å². The highest BCUT2D eigenvalue weighted by molar-refractivity contribution is 7.99. The van der Waals surface area contributed by atoms with Gasteiger partial charge in [0, 0.05) is 22.8 Å². The van der Waals surface area contributed by atoms with E-state index in [0.717, 1.165) is 39.9 Å². The van der Waals surface area contributed by atoms with Crippen molar-refractivity contribution >= 4 is 35.1 Å². The number of nitrogens with one attached hydrogen (secondary N) is 1. The number of nitrogens with zero attached hydrogens (tertiary/aromatic N) is 5. The maximum atomic E-state index is 12.7. The summed E-state index contributed by atoms with van der Waals surface area (Å²) >= 11 is 2.84. The molecule has 0 atom stereocenters. The number of aromatic nitrogens is 5. The molecule has 0 saturated heterocycles. The third-order valence-electron chi connectivity index (χ3n) is 5.45. The normalized spacial score (nSPS) is 10.9. The van der Waals surface area contributed by atoms with Crippen LogP contribution in [0.15, 0.2) is 58.8 Å². The second-order valence-corrected chi connectivity index (χ2v) is 10.2. The van der Waals surface area contributed by atoms with E-state index in [1.807, 2.05) is 80.8 Å². The van der Waals surface area contributed by atoms with Crippen molar-refractivity contribution in [2.24, 2.45) is 0 Å². The molecular weight excluding hydrogens is 492 g/mol. The van der Waals surface area contributed by atoms with Crippen molar-refractivity contribution < 1.29 is 9.53 Å². The molecule has 10 heteroatoms. The predicted molar refractivity (Wildman–Crippen MR) is 144 cm³/mol. The molecule has 4 rings (SSSR count). The maximum Gasteiger partial charge on any atom is 0.234 e.